The summed E-state index contributed by atoms with van der Waals surface area (Å²) in [5.74, 6) is -0.750. The lowest BCUT2D eigenvalue weighted by Crippen LogP contribution is -2.47. The van der Waals surface area contributed by atoms with Crippen molar-refractivity contribution in [1.29, 1.82) is 0 Å². The van der Waals surface area contributed by atoms with Gasteiger partial charge in [0.05, 0.1) is 4.90 Å². The van der Waals surface area contributed by atoms with Crippen molar-refractivity contribution < 1.29 is 18.0 Å². The van der Waals surface area contributed by atoms with E-state index in [4.69, 9.17) is 0 Å². The molecule has 8 heteroatoms. The number of nitrogens with one attached hydrogen (secondary N) is 2. The highest BCUT2D eigenvalue weighted by Crippen LogP contribution is 2.34. The molecule has 0 fully saturated rings. The molecule has 3 rings (SSSR count). The van der Waals surface area contributed by atoms with Crippen molar-refractivity contribution in [2.24, 2.45) is 5.92 Å². The normalized spacial score (nSPS) is 16.7. The van der Waals surface area contributed by atoms with E-state index in [0.717, 1.165) is 22.4 Å². The van der Waals surface area contributed by atoms with Crippen LogP contribution in [0.3, 0.4) is 0 Å². The van der Waals surface area contributed by atoms with Crippen LogP contribution in [0.25, 0.3) is 0 Å². The number of anilines is 2. The van der Waals surface area contributed by atoms with Crippen LogP contribution in [0.4, 0.5) is 11.4 Å². The highest BCUT2D eigenvalue weighted by atomic mass is 32.2. The molecule has 172 valence electrons. The molecule has 2 aromatic rings. The van der Waals surface area contributed by atoms with E-state index in [0.29, 0.717) is 12.1 Å². The number of aryl methyl sites for hydroxylation is 1. The molecule has 1 heterocycles. The van der Waals surface area contributed by atoms with Crippen LogP contribution in [0.2, 0.25) is 0 Å². The van der Waals surface area contributed by atoms with Gasteiger partial charge >= 0.3 is 0 Å². The zero-order chi connectivity index (χ0) is 23.8. The van der Waals surface area contributed by atoms with Crippen LogP contribution in [-0.4, -0.2) is 32.3 Å². The van der Waals surface area contributed by atoms with Gasteiger partial charge in [-0.1, -0.05) is 26.0 Å². The fourth-order valence-corrected chi connectivity index (χ4v) is 5.47. The van der Waals surface area contributed by atoms with Crippen LogP contribution in [0.5, 0.6) is 0 Å². The largest absolute Gasteiger partial charge is 0.324 e. The molecule has 7 nitrogen and oxygen atoms in total. The Hall–Kier alpha value is -2.71. The van der Waals surface area contributed by atoms with Gasteiger partial charge in [0.25, 0.3) is 0 Å². The number of carbonyl (C=O) groups excluding carboxylic acids is 2. The number of hydrogen-bond acceptors (Lipinski definition) is 4. The lowest BCUT2D eigenvalue weighted by molar-refractivity contribution is -0.118. The SMILES string of the molecule is CC(=O)N1c2ccc(S(=O)(=O)NC(C(=O)Nc3cccc(C)c3C)C(C)C)cc2CC1C. The van der Waals surface area contributed by atoms with E-state index in [9.17, 15) is 18.0 Å². The molecule has 2 N–H and O–H groups in total. The Morgan fingerprint density at radius 1 is 1.12 bits per heavy atom. The fraction of sp³-hybridized carbons (Fsp3) is 0.417. The Morgan fingerprint density at radius 2 is 1.81 bits per heavy atom. The van der Waals surface area contributed by atoms with Crippen molar-refractivity contribution in [3.05, 3.63) is 53.1 Å². The Morgan fingerprint density at radius 3 is 2.44 bits per heavy atom. The van der Waals surface area contributed by atoms with Gasteiger partial charge in [-0.25, -0.2) is 8.42 Å². The first-order chi connectivity index (χ1) is 14.9. The topological polar surface area (TPSA) is 95.6 Å². The van der Waals surface area contributed by atoms with Crippen molar-refractivity contribution in [3.63, 3.8) is 0 Å². The summed E-state index contributed by atoms with van der Waals surface area (Å²) in [6.45, 7) is 10.9. The van der Waals surface area contributed by atoms with E-state index < -0.39 is 22.0 Å². The molecule has 1 aliphatic rings. The fourth-order valence-electron chi connectivity index (χ4n) is 4.08. The van der Waals surface area contributed by atoms with Gasteiger partial charge in [0.2, 0.25) is 21.8 Å². The predicted molar refractivity (Wildman–Crippen MR) is 126 cm³/mol. The molecule has 0 bridgehead atoms. The van der Waals surface area contributed by atoms with E-state index in [1.165, 1.54) is 13.0 Å². The third-order valence-electron chi connectivity index (χ3n) is 6.01. The van der Waals surface area contributed by atoms with Crippen molar-refractivity contribution in [3.8, 4) is 0 Å². The second-order valence-electron chi connectivity index (χ2n) is 8.81. The third-order valence-corrected chi connectivity index (χ3v) is 7.45. The van der Waals surface area contributed by atoms with Crippen LogP contribution in [-0.2, 0) is 26.0 Å². The minimum absolute atomic E-state index is 0.0276. The summed E-state index contributed by atoms with van der Waals surface area (Å²) in [6.07, 6.45) is 0.582. The summed E-state index contributed by atoms with van der Waals surface area (Å²) in [7, 11) is -3.95. The van der Waals surface area contributed by atoms with Gasteiger partial charge < -0.3 is 10.2 Å². The number of benzene rings is 2. The molecule has 32 heavy (non-hydrogen) atoms. The minimum Gasteiger partial charge on any atom is -0.324 e. The summed E-state index contributed by atoms with van der Waals surface area (Å²) in [5, 5.41) is 2.86. The molecule has 0 spiro atoms. The van der Waals surface area contributed by atoms with Crippen molar-refractivity contribution >= 4 is 33.2 Å². The van der Waals surface area contributed by atoms with Gasteiger partial charge in [0, 0.05) is 24.3 Å². The average molecular weight is 458 g/mol. The highest BCUT2D eigenvalue weighted by Gasteiger charge is 2.32. The highest BCUT2D eigenvalue weighted by molar-refractivity contribution is 7.89. The van der Waals surface area contributed by atoms with Crippen LogP contribution < -0.4 is 14.9 Å². The van der Waals surface area contributed by atoms with Gasteiger partial charge in [-0.05, 0) is 74.1 Å². The van der Waals surface area contributed by atoms with Crippen LogP contribution in [0.1, 0.15) is 44.4 Å². The first kappa shape index (κ1) is 23.9. The molecule has 2 unspecified atom stereocenters. The van der Waals surface area contributed by atoms with Gasteiger partial charge in [-0.15, -0.1) is 0 Å². The van der Waals surface area contributed by atoms with Gasteiger partial charge in [-0.2, -0.15) is 4.72 Å². The monoisotopic (exact) mass is 457 g/mol. The molecule has 0 aliphatic carbocycles. The Balaban J connectivity index is 1.85. The standard InChI is InChI=1S/C24H31N3O4S/c1-14(2)23(24(29)25-21-9-7-8-15(3)17(21)5)26-32(30,31)20-10-11-22-19(13-20)12-16(4)27(22)18(6)28/h7-11,13-14,16,23,26H,12H2,1-6H3,(H,25,29). The second kappa shape index (κ2) is 9.03. The number of rotatable bonds is 6. The van der Waals surface area contributed by atoms with Crippen molar-refractivity contribution in [1.82, 2.24) is 4.72 Å². The molecule has 0 saturated heterocycles. The number of fused-ring (bicyclic) bond motifs is 1. The predicted octanol–water partition coefficient (Wildman–Crippen LogP) is 3.54. The van der Waals surface area contributed by atoms with E-state index >= 15 is 0 Å². The zero-order valence-electron chi connectivity index (χ0n) is 19.4. The molecule has 0 saturated carbocycles. The maximum absolute atomic E-state index is 13.2. The van der Waals surface area contributed by atoms with E-state index in [1.54, 1.807) is 36.9 Å². The number of carbonyl (C=O) groups is 2. The molecule has 0 aromatic heterocycles. The Labute approximate surface area is 190 Å². The summed E-state index contributed by atoms with van der Waals surface area (Å²) < 4.78 is 28.9. The van der Waals surface area contributed by atoms with Crippen molar-refractivity contribution in [2.75, 3.05) is 10.2 Å². The van der Waals surface area contributed by atoms with E-state index in [2.05, 4.69) is 10.0 Å². The van der Waals surface area contributed by atoms with Gasteiger partial charge in [0.1, 0.15) is 6.04 Å². The van der Waals surface area contributed by atoms with E-state index in [-0.39, 0.29) is 22.8 Å². The Bertz CT molecular complexity index is 1160. The summed E-state index contributed by atoms with van der Waals surface area (Å²) in [5.41, 5.74) is 4.18. The quantitative estimate of drug-likeness (QED) is 0.694. The molecule has 0 radical (unpaired) electrons. The van der Waals surface area contributed by atoms with Crippen LogP contribution in [0.15, 0.2) is 41.3 Å². The minimum atomic E-state index is -3.95. The maximum atomic E-state index is 13.2. The zero-order valence-corrected chi connectivity index (χ0v) is 20.2. The van der Waals surface area contributed by atoms with Crippen LogP contribution in [0, 0.1) is 19.8 Å². The smallest absolute Gasteiger partial charge is 0.242 e. The lowest BCUT2D eigenvalue weighted by Gasteiger charge is -2.23. The van der Waals surface area contributed by atoms with Gasteiger partial charge in [0.15, 0.2) is 0 Å². The molecule has 2 atom stereocenters. The van der Waals surface area contributed by atoms with Gasteiger partial charge in [-0.3, -0.25) is 9.59 Å². The number of hydrogen-bond donors (Lipinski definition) is 2. The second-order valence-corrected chi connectivity index (χ2v) is 10.5. The van der Waals surface area contributed by atoms with E-state index in [1.807, 2.05) is 32.9 Å². The molecule has 2 aromatic carbocycles. The number of sulfonamides is 1. The third kappa shape index (κ3) is 4.71. The molecular formula is C24H31N3O4S. The Kier molecular flexibility index (Phi) is 6.76. The first-order valence-corrected chi connectivity index (χ1v) is 12.2. The van der Waals surface area contributed by atoms with Crippen LogP contribution >= 0.6 is 0 Å². The van der Waals surface area contributed by atoms with Crippen molar-refractivity contribution in [2.45, 2.75) is 64.9 Å². The number of amides is 2. The molecule has 2 amide bonds. The first-order valence-electron chi connectivity index (χ1n) is 10.7. The maximum Gasteiger partial charge on any atom is 0.242 e. The lowest BCUT2D eigenvalue weighted by atomic mass is 10.0. The molecular weight excluding hydrogens is 426 g/mol. The summed E-state index contributed by atoms with van der Waals surface area (Å²) in [6, 6.07) is 9.37. The number of nitrogens with zero attached hydrogens (tertiary/aromatic N) is 1. The summed E-state index contributed by atoms with van der Waals surface area (Å²) in [4.78, 5) is 26.7. The molecule has 1 aliphatic heterocycles. The average Bonchev–Trinajstić information content (AvgIpc) is 3.04. The summed E-state index contributed by atoms with van der Waals surface area (Å²) >= 11 is 0.